The number of thiophene rings is 1. The molecule has 0 radical (unpaired) electrons. The van der Waals surface area contributed by atoms with Crippen LogP contribution in [0.15, 0.2) is 41.8 Å². The van der Waals surface area contributed by atoms with Crippen molar-refractivity contribution in [3.05, 3.63) is 57.8 Å². The largest absolute Gasteiger partial charge is 0.259 e. The van der Waals surface area contributed by atoms with Crippen LogP contribution in [-0.2, 0) is 16.6 Å². The fourth-order valence-corrected chi connectivity index (χ4v) is 3.88. The van der Waals surface area contributed by atoms with Crippen LogP contribution >= 0.6 is 11.3 Å². The zero-order valence-corrected chi connectivity index (χ0v) is 11.6. The van der Waals surface area contributed by atoms with Crippen LogP contribution in [0.2, 0.25) is 0 Å². The molecule has 0 aliphatic carbocycles. The molecule has 0 saturated heterocycles. The Bertz CT molecular complexity index is 567. The van der Waals surface area contributed by atoms with E-state index in [0.717, 1.165) is 10.4 Å². The molecule has 2 atom stereocenters. The molecule has 0 aliphatic heterocycles. The van der Waals surface area contributed by atoms with Gasteiger partial charge < -0.3 is 0 Å². The highest BCUT2D eigenvalue weighted by molar-refractivity contribution is 7.84. The van der Waals surface area contributed by atoms with Crippen LogP contribution in [0, 0.1) is 11.3 Å². The summed E-state index contributed by atoms with van der Waals surface area (Å²) in [5.74, 6) is 0.533. The number of nitrogens with zero attached hydrogens (tertiary/aromatic N) is 1. The summed E-state index contributed by atoms with van der Waals surface area (Å²) in [6, 6.07) is 13.4. The van der Waals surface area contributed by atoms with Gasteiger partial charge in [0.15, 0.2) is 0 Å². The first-order valence-corrected chi connectivity index (χ1v) is 7.86. The minimum atomic E-state index is -0.926. The standard InChI is InChI=1S/C14H13NOS2/c1-11(14-3-2-8-17-14)18(16)10-13-6-4-12(9-15)5-7-13/h2-8,11H,10H2,1H3/t11-,18-/m1/s1. The van der Waals surface area contributed by atoms with Gasteiger partial charge in [0.25, 0.3) is 0 Å². The third-order valence-corrected chi connectivity index (χ3v) is 5.59. The second-order valence-electron chi connectivity index (χ2n) is 3.99. The first kappa shape index (κ1) is 13.0. The van der Waals surface area contributed by atoms with Gasteiger partial charge in [-0.05, 0) is 36.1 Å². The fraction of sp³-hybridized carbons (Fsp3) is 0.214. The van der Waals surface area contributed by atoms with E-state index >= 15 is 0 Å². The van der Waals surface area contributed by atoms with Crippen molar-refractivity contribution in [2.24, 2.45) is 0 Å². The molecule has 0 fully saturated rings. The molecule has 0 unspecified atom stereocenters. The van der Waals surface area contributed by atoms with Crippen molar-refractivity contribution >= 4 is 22.1 Å². The summed E-state index contributed by atoms with van der Waals surface area (Å²) >= 11 is 1.64. The van der Waals surface area contributed by atoms with Gasteiger partial charge in [-0.3, -0.25) is 4.21 Å². The van der Waals surface area contributed by atoms with Gasteiger partial charge in [0.1, 0.15) is 0 Å². The van der Waals surface area contributed by atoms with Gasteiger partial charge in [0, 0.05) is 21.4 Å². The van der Waals surface area contributed by atoms with Crippen molar-refractivity contribution in [3.63, 3.8) is 0 Å². The van der Waals surface area contributed by atoms with Crippen LogP contribution in [0.4, 0.5) is 0 Å². The lowest BCUT2D eigenvalue weighted by atomic mass is 10.2. The molecule has 1 aromatic heterocycles. The molecule has 0 spiro atoms. The minimum Gasteiger partial charge on any atom is -0.259 e. The van der Waals surface area contributed by atoms with E-state index in [9.17, 15) is 4.21 Å². The van der Waals surface area contributed by atoms with Crippen LogP contribution in [0.5, 0.6) is 0 Å². The van der Waals surface area contributed by atoms with Crippen molar-refractivity contribution in [1.29, 1.82) is 5.26 Å². The summed E-state index contributed by atoms with van der Waals surface area (Å²) in [5, 5.41) is 10.8. The van der Waals surface area contributed by atoms with Crippen LogP contribution < -0.4 is 0 Å². The maximum absolute atomic E-state index is 12.2. The summed E-state index contributed by atoms with van der Waals surface area (Å²) < 4.78 is 12.2. The van der Waals surface area contributed by atoms with Crippen LogP contribution in [0.25, 0.3) is 0 Å². The number of hydrogen-bond acceptors (Lipinski definition) is 3. The average molecular weight is 275 g/mol. The zero-order valence-electron chi connectivity index (χ0n) is 10.00. The third-order valence-electron chi connectivity index (χ3n) is 2.73. The first-order valence-electron chi connectivity index (χ1n) is 5.60. The molecule has 4 heteroatoms. The Morgan fingerprint density at radius 3 is 2.61 bits per heavy atom. The highest BCUT2D eigenvalue weighted by Gasteiger charge is 2.14. The number of rotatable bonds is 4. The van der Waals surface area contributed by atoms with Crippen molar-refractivity contribution < 1.29 is 4.21 Å². The van der Waals surface area contributed by atoms with Crippen molar-refractivity contribution in [1.82, 2.24) is 0 Å². The Morgan fingerprint density at radius 2 is 2.06 bits per heavy atom. The Hall–Kier alpha value is -1.44. The van der Waals surface area contributed by atoms with Crippen LogP contribution in [0.3, 0.4) is 0 Å². The number of nitriles is 1. The molecule has 0 saturated carbocycles. The minimum absolute atomic E-state index is 0.0562. The highest BCUT2D eigenvalue weighted by atomic mass is 32.2. The van der Waals surface area contributed by atoms with Gasteiger partial charge in [0.2, 0.25) is 0 Å². The van der Waals surface area contributed by atoms with Crippen LogP contribution in [-0.4, -0.2) is 4.21 Å². The van der Waals surface area contributed by atoms with Crippen molar-refractivity contribution in [3.8, 4) is 6.07 Å². The topological polar surface area (TPSA) is 40.9 Å². The molecule has 0 N–H and O–H groups in total. The van der Waals surface area contributed by atoms with Gasteiger partial charge in [-0.25, -0.2) is 0 Å². The lowest BCUT2D eigenvalue weighted by Crippen LogP contribution is -2.03. The molecule has 1 aromatic carbocycles. The molecule has 1 heterocycles. The van der Waals surface area contributed by atoms with E-state index in [1.54, 1.807) is 23.5 Å². The molecule has 0 aliphatic rings. The first-order chi connectivity index (χ1) is 8.70. The van der Waals surface area contributed by atoms with Gasteiger partial charge in [-0.2, -0.15) is 5.26 Å². The lowest BCUT2D eigenvalue weighted by molar-refractivity contribution is 0.676. The Morgan fingerprint density at radius 1 is 1.33 bits per heavy atom. The van der Waals surface area contributed by atoms with Crippen LogP contribution in [0.1, 0.15) is 28.2 Å². The number of benzene rings is 1. The Kier molecular flexibility index (Phi) is 4.29. The van der Waals surface area contributed by atoms with E-state index in [0.29, 0.717) is 11.3 Å². The van der Waals surface area contributed by atoms with Gasteiger partial charge in [-0.15, -0.1) is 11.3 Å². The molecule has 18 heavy (non-hydrogen) atoms. The summed E-state index contributed by atoms with van der Waals surface area (Å²) in [5.41, 5.74) is 1.64. The quantitative estimate of drug-likeness (QED) is 0.855. The second-order valence-corrected chi connectivity index (χ2v) is 6.73. The van der Waals surface area contributed by atoms with Gasteiger partial charge >= 0.3 is 0 Å². The smallest absolute Gasteiger partial charge is 0.0991 e. The molecule has 0 amide bonds. The van der Waals surface area contributed by atoms with Gasteiger partial charge in [-0.1, -0.05) is 18.2 Å². The lowest BCUT2D eigenvalue weighted by Gasteiger charge is -2.09. The maximum Gasteiger partial charge on any atom is 0.0991 e. The van der Waals surface area contributed by atoms with Crippen molar-refractivity contribution in [2.75, 3.05) is 0 Å². The predicted molar refractivity (Wildman–Crippen MR) is 75.7 cm³/mol. The molecule has 92 valence electrons. The Labute approximate surface area is 113 Å². The van der Waals surface area contributed by atoms with E-state index in [1.807, 2.05) is 36.6 Å². The summed E-state index contributed by atoms with van der Waals surface area (Å²) in [6.07, 6.45) is 0. The van der Waals surface area contributed by atoms with Crippen molar-refractivity contribution in [2.45, 2.75) is 17.9 Å². The molecule has 2 nitrogen and oxygen atoms in total. The molecular formula is C14H13NOS2. The highest BCUT2D eigenvalue weighted by Crippen LogP contribution is 2.25. The Balaban J connectivity index is 2.05. The predicted octanol–water partition coefficient (Wildman–Crippen LogP) is 3.63. The second kappa shape index (κ2) is 5.94. The molecule has 2 rings (SSSR count). The summed E-state index contributed by atoms with van der Waals surface area (Å²) in [6.45, 7) is 1.99. The summed E-state index contributed by atoms with van der Waals surface area (Å²) in [7, 11) is -0.926. The molecule has 2 aromatic rings. The maximum atomic E-state index is 12.2. The van der Waals surface area contributed by atoms with E-state index in [1.165, 1.54) is 0 Å². The monoisotopic (exact) mass is 275 g/mol. The molecular weight excluding hydrogens is 262 g/mol. The van der Waals surface area contributed by atoms with E-state index in [-0.39, 0.29) is 5.25 Å². The summed E-state index contributed by atoms with van der Waals surface area (Å²) in [4.78, 5) is 1.15. The average Bonchev–Trinajstić information content (AvgIpc) is 2.92. The van der Waals surface area contributed by atoms with E-state index < -0.39 is 10.8 Å². The van der Waals surface area contributed by atoms with Gasteiger partial charge in [0.05, 0.1) is 16.9 Å². The SMILES string of the molecule is C[C@H](c1cccs1)[S@](=O)Cc1ccc(C#N)cc1. The normalized spacial score (nSPS) is 13.8. The zero-order chi connectivity index (χ0) is 13.0. The fourth-order valence-electron chi connectivity index (χ4n) is 1.62. The number of hydrogen-bond donors (Lipinski definition) is 0. The van der Waals surface area contributed by atoms with E-state index in [4.69, 9.17) is 5.26 Å². The molecule has 0 bridgehead atoms. The third kappa shape index (κ3) is 3.06. The van der Waals surface area contributed by atoms with E-state index in [2.05, 4.69) is 6.07 Å².